The molecule has 2 atom stereocenters. The number of thioether (sulfide) groups is 1. The second kappa shape index (κ2) is 5.29. The normalized spacial score (nSPS) is 29.4. The smallest absolute Gasteiger partial charge is 0.245 e. The molecular formula is C12H20N2O2S. The molecule has 1 aliphatic heterocycles. The largest absolute Gasteiger partial charge is 0.343 e. The van der Waals surface area contributed by atoms with Crippen molar-refractivity contribution in [3.63, 3.8) is 0 Å². The van der Waals surface area contributed by atoms with Crippen LogP contribution in [0.5, 0.6) is 0 Å². The minimum Gasteiger partial charge on any atom is -0.343 e. The first kappa shape index (κ1) is 12.7. The Balaban J connectivity index is 2.03. The highest BCUT2D eigenvalue weighted by atomic mass is 32.2. The highest BCUT2D eigenvalue weighted by Crippen LogP contribution is 2.37. The lowest BCUT2D eigenvalue weighted by Gasteiger charge is -2.38. The molecule has 4 nitrogen and oxygen atoms in total. The predicted molar refractivity (Wildman–Crippen MR) is 68.8 cm³/mol. The number of nitrogens with zero attached hydrogens (tertiary/aromatic N) is 1. The molecule has 2 aliphatic rings. The van der Waals surface area contributed by atoms with Gasteiger partial charge in [0.2, 0.25) is 11.8 Å². The van der Waals surface area contributed by atoms with Gasteiger partial charge in [0.05, 0.1) is 0 Å². The van der Waals surface area contributed by atoms with Crippen LogP contribution in [0, 0.1) is 5.92 Å². The Morgan fingerprint density at radius 1 is 1.41 bits per heavy atom. The van der Waals surface area contributed by atoms with Crippen LogP contribution in [0.4, 0.5) is 0 Å². The molecule has 96 valence electrons. The Kier molecular flexibility index (Phi) is 3.97. The van der Waals surface area contributed by atoms with E-state index in [-0.39, 0.29) is 23.9 Å². The van der Waals surface area contributed by atoms with E-state index >= 15 is 0 Å². The average Bonchev–Trinajstić information content (AvgIpc) is 3.09. The summed E-state index contributed by atoms with van der Waals surface area (Å²) in [7, 11) is 0. The molecule has 0 aromatic heterocycles. The van der Waals surface area contributed by atoms with Gasteiger partial charge in [-0.15, -0.1) is 0 Å². The van der Waals surface area contributed by atoms with Crippen LogP contribution in [-0.2, 0) is 9.59 Å². The Labute approximate surface area is 106 Å². The third kappa shape index (κ3) is 2.76. The number of carbonyl (C=O) groups is 2. The molecule has 1 aliphatic carbocycles. The molecule has 0 radical (unpaired) electrons. The maximum atomic E-state index is 12.1. The summed E-state index contributed by atoms with van der Waals surface area (Å²) in [5.74, 6) is 1.57. The first-order valence-corrected chi connectivity index (χ1v) is 7.64. The van der Waals surface area contributed by atoms with E-state index in [9.17, 15) is 9.59 Å². The van der Waals surface area contributed by atoms with E-state index in [0.29, 0.717) is 5.92 Å². The quantitative estimate of drug-likeness (QED) is 0.742. The standard InChI is InChI=1S/C12H20N2O2S/c1-8-12(16)14(6-3-7-17-2)10(9-4-5-9)11(15)13-8/h8-10H,3-7H2,1-2H3,(H,13,15). The average molecular weight is 256 g/mol. The summed E-state index contributed by atoms with van der Waals surface area (Å²) in [6.45, 7) is 2.49. The lowest BCUT2D eigenvalue weighted by molar-refractivity contribution is -0.149. The molecule has 2 rings (SSSR count). The van der Waals surface area contributed by atoms with Gasteiger partial charge in [0.1, 0.15) is 12.1 Å². The van der Waals surface area contributed by atoms with Gasteiger partial charge in [-0.3, -0.25) is 9.59 Å². The van der Waals surface area contributed by atoms with Gasteiger partial charge in [-0.2, -0.15) is 11.8 Å². The molecule has 0 aromatic carbocycles. The lowest BCUT2D eigenvalue weighted by atomic mass is 10.0. The van der Waals surface area contributed by atoms with Crippen LogP contribution < -0.4 is 5.32 Å². The monoisotopic (exact) mass is 256 g/mol. The summed E-state index contributed by atoms with van der Waals surface area (Å²) in [6.07, 6.45) is 5.19. The fraction of sp³-hybridized carbons (Fsp3) is 0.833. The molecule has 1 saturated heterocycles. The fourth-order valence-corrected chi connectivity index (χ4v) is 2.81. The summed E-state index contributed by atoms with van der Waals surface area (Å²) >= 11 is 1.78. The van der Waals surface area contributed by atoms with Gasteiger partial charge < -0.3 is 10.2 Å². The Bertz CT molecular complexity index is 318. The maximum absolute atomic E-state index is 12.1. The molecule has 1 N–H and O–H groups in total. The van der Waals surface area contributed by atoms with E-state index in [0.717, 1.165) is 31.6 Å². The van der Waals surface area contributed by atoms with Crippen molar-refractivity contribution in [1.82, 2.24) is 10.2 Å². The number of nitrogens with one attached hydrogen (secondary N) is 1. The van der Waals surface area contributed by atoms with Gasteiger partial charge in [-0.25, -0.2) is 0 Å². The molecule has 2 amide bonds. The molecule has 1 saturated carbocycles. The summed E-state index contributed by atoms with van der Waals surface area (Å²) in [6, 6.07) is -0.549. The Morgan fingerprint density at radius 2 is 2.12 bits per heavy atom. The number of amides is 2. The van der Waals surface area contributed by atoms with E-state index in [4.69, 9.17) is 0 Å². The first-order chi connectivity index (χ1) is 8.15. The van der Waals surface area contributed by atoms with Crippen LogP contribution in [0.1, 0.15) is 26.2 Å². The first-order valence-electron chi connectivity index (χ1n) is 6.25. The van der Waals surface area contributed by atoms with Gasteiger partial charge in [0.25, 0.3) is 0 Å². The van der Waals surface area contributed by atoms with Crippen molar-refractivity contribution in [1.29, 1.82) is 0 Å². The van der Waals surface area contributed by atoms with Gasteiger partial charge >= 0.3 is 0 Å². The van der Waals surface area contributed by atoms with Crippen molar-refractivity contribution in [3.8, 4) is 0 Å². The van der Waals surface area contributed by atoms with Crippen molar-refractivity contribution >= 4 is 23.6 Å². The maximum Gasteiger partial charge on any atom is 0.245 e. The van der Waals surface area contributed by atoms with Gasteiger partial charge in [0.15, 0.2) is 0 Å². The minimum atomic E-state index is -0.355. The van der Waals surface area contributed by atoms with Crippen LogP contribution in [-0.4, -0.2) is 47.4 Å². The lowest BCUT2D eigenvalue weighted by Crippen LogP contribution is -2.63. The minimum absolute atomic E-state index is 0.0451. The van der Waals surface area contributed by atoms with Crippen LogP contribution in [0.2, 0.25) is 0 Å². The number of hydrogen-bond donors (Lipinski definition) is 1. The zero-order valence-corrected chi connectivity index (χ0v) is 11.3. The number of rotatable bonds is 5. The van der Waals surface area contributed by atoms with Gasteiger partial charge in [-0.1, -0.05) is 0 Å². The van der Waals surface area contributed by atoms with Crippen LogP contribution in [0.15, 0.2) is 0 Å². The summed E-state index contributed by atoms with van der Waals surface area (Å²) in [4.78, 5) is 25.9. The van der Waals surface area contributed by atoms with Gasteiger partial charge in [0, 0.05) is 6.54 Å². The Morgan fingerprint density at radius 3 is 2.71 bits per heavy atom. The number of carbonyl (C=O) groups excluding carboxylic acids is 2. The van der Waals surface area contributed by atoms with Crippen LogP contribution in [0.3, 0.4) is 0 Å². The molecule has 0 aromatic rings. The fourth-order valence-electron chi connectivity index (χ4n) is 2.40. The van der Waals surface area contributed by atoms with E-state index in [1.807, 2.05) is 4.90 Å². The third-order valence-corrected chi connectivity index (χ3v) is 4.13. The number of piperazine rings is 1. The molecule has 17 heavy (non-hydrogen) atoms. The highest BCUT2D eigenvalue weighted by Gasteiger charge is 2.46. The van der Waals surface area contributed by atoms with Crippen LogP contribution in [0.25, 0.3) is 0 Å². The molecule has 2 unspecified atom stereocenters. The van der Waals surface area contributed by atoms with Crippen molar-refractivity contribution in [2.45, 2.75) is 38.3 Å². The van der Waals surface area contributed by atoms with Gasteiger partial charge in [-0.05, 0) is 44.1 Å². The second-order valence-corrected chi connectivity index (χ2v) is 5.88. The van der Waals surface area contributed by atoms with Crippen LogP contribution >= 0.6 is 11.8 Å². The molecule has 5 heteroatoms. The molecule has 2 fully saturated rings. The van der Waals surface area contributed by atoms with Crippen molar-refractivity contribution in [3.05, 3.63) is 0 Å². The van der Waals surface area contributed by atoms with E-state index in [2.05, 4.69) is 11.6 Å². The summed E-state index contributed by atoms with van der Waals surface area (Å²) in [5, 5.41) is 2.79. The summed E-state index contributed by atoms with van der Waals surface area (Å²) in [5.41, 5.74) is 0. The van der Waals surface area contributed by atoms with Crippen molar-refractivity contribution in [2.24, 2.45) is 5.92 Å². The SMILES string of the molecule is CSCCCN1C(=O)C(C)NC(=O)C1C1CC1. The highest BCUT2D eigenvalue weighted by molar-refractivity contribution is 7.98. The Hall–Kier alpha value is -0.710. The summed E-state index contributed by atoms with van der Waals surface area (Å²) < 4.78 is 0. The van der Waals surface area contributed by atoms with E-state index < -0.39 is 0 Å². The number of hydrogen-bond acceptors (Lipinski definition) is 3. The third-order valence-electron chi connectivity index (χ3n) is 3.43. The molecular weight excluding hydrogens is 236 g/mol. The second-order valence-electron chi connectivity index (χ2n) is 4.89. The predicted octanol–water partition coefficient (Wildman–Crippen LogP) is 0.865. The zero-order chi connectivity index (χ0) is 12.4. The molecule has 0 bridgehead atoms. The topological polar surface area (TPSA) is 49.4 Å². The molecule has 1 heterocycles. The van der Waals surface area contributed by atoms with E-state index in [1.54, 1.807) is 18.7 Å². The van der Waals surface area contributed by atoms with E-state index in [1.165, 1.54) is 0 Å². The van der Waals surface area contributed by atoms with Crippen molar-refractivity contribution in [2.75, 3.05) is 18.6 Å². The van der Waals surface area contributed by atoms with Crippen molar-refractivity contribution < 1.29 is 9.59 Å². The molecule has 0 spiro atoms. The zero-order valence-electron chi connectivity index (χ0n) is 10.4.